The van der Waals surface area contributed by atoms with Crippen molar-refractivity contribution in [3.63, 3.8) is 0 Å². The molecule has 3 heterocycles. The molecular formula is C49H30N4O. The van der Waals surface area contributed by atoms with Crippen molar-refractivity contribution in [1.82, 2.24) is 19.5 Å². The number of rotatable bonds is 5. The van der Waals surface area contributed by atoms with E-state index in [1.807, 2.05) is 60.7 Å². The normalized spacial score (nSPS) is 11.7. The van der Waals surface area contributed by atoms with Gasteiger partial charge in [0.05, 0.1) is 22.1 Å². The van der Waals surface area contributed by atoms with Crippen LogP contribution in [-0.2, 0) is 0 Å². The fraction of sp³-hybridized carbons (Fsp3) is 0. The predicted octanol–water partition coefficient (Wildman–Crippen LogP) is 12.7. The van der Waals surface area contributed by atoms with Gasteiger partial charge in [-0.15, -0.1) is 0 Å². The maximum atomic E-state index is 6.82. The Kier molecular flexibility index (Phi) is 6.79. The summed E-state index contributed by atoms with van der Waals surface area (Å²) in [5.41, 5.74) is 10.2. The summed E-state index contributed by atoms with van der Waals surface area (Å²) < 4.78 is 9.20. The summed E-state index contributed by atoms with van der Waals surface area (Å²) >= 11 is 0. The van der Waals surface area contributed by atoms with Crippen molar-refractivity contribution >= 4 is 54.5 Å². The highest BCUT2D eigenvalue weighted by Crippen LogP contribution is 2.43. The van der Waals surface area contributed by atoms with Crippen LogP contribution >= 0.6 is 0 Å². The molecule has 252 valence electrons. The second-order valence-electron chi connectivity index (χ2n) is 13.6. The largest absolute Gasteiger partial charge is 0.455 e. The van der Waals surface area contributed by atoms with E-state index >= 15 is 0 Å². The summed E-state index contributed by atoms with van der Waals surface area (Å²) in [6.45, 7) is 0. The first-order valence-electron chi connectivity index (χ1n) is 18.1. The lowest BCUT2D eigenvalue weighted by Crippen LogP contribution is -2.00. The highest BCUT2D eigenvalue weighted by molar-refractivity contribution is 6.22. The molecular weight excluding hydrogens is 661 g/mol. The first kappa shape index (κ1) is 30.3. The molecule has 5 heteroatoms. The van der Waals surface area contributed by atoms with Crippen molar-refractivity contribution in [1.29, 1.82) is 0 Å². The second-order valence-corrected chi connectivity index (χ2v) is 13.6. The zero-order valence-electron chi connectivity index (χ0n) is 29.0. The first-order valence-corrected chi connectivity index (χ1v) is 18.1. The first-order chi connectivity index (χ1) is 26.8. The smallest absolute Gasteiger partial charge is 0.164 e. The summed E-state index contributed by atoms with van der Waals surface area (Å²) in [7, 11) is 0. The molecule has 0 aliphatic rings. The van der Waals surface area contributed by atoms with Gasteiger partial charge >= 0.3 is 0 Å². The molecule has 0 aliphatic heterocycles. The minimum Gasteiger partial charge on any atom is -0.455 e. The standard InChI is InChI=1S/C49H30N4O/c1-4-15-31(16-5-1)34-27-28-42-38(29-34)36-22-12-13-24-41(36)53(42)43-25-14-26-44-45(43)40-30-39(35-21-10-11-23-37(35)46(40)54-44)49-51-47(32-17-6-2-7-18-32)50-48(52-49)33-19-8-3-9-20-33/h1-30H. The molecule has 0 spiro atoms. The van der Waals surface area contributed by atoms with E-state index in [9.17, 15) is 0 Å². The monoisotopic (exact) mass is 690 g/mol. The number of aromatic nitrogens is 4. The Morgan fingerprint density at radius 2 is 0.944 bits per heavy atom. The zero-order chi connectivity index (χ0) is 35.6. The Balaban J connectivity index is 1.21. The van der Waals surface area contributed by atoms with Crippen LogP contribution in [0, 0.1) is 0 Å². The molecule has 11 aromatic rings. The molecule has 0 saturated heterocycles. The molecule has 0 aliphatic carbocycles. The Morgan fingerprint density at radius 1 is 0.370 bits per heavy atom. The molecule has 0 unspecified atom stereocenters. The van der Waals surface area contributed by atoms with Crippen molar-refractivity contribution in [3.8, 4) is 51.0 Å². The summed E-state index contributed by atoms with van der Waals surface area (Å²) in [5.74, 6) is 1.86. The third kappa shape index (κ3) is 4.76. The van der Waals surface area contributed by atoms with Gasteiger partial charge in [0.2, 0.25) is 0 Å². The van der Waals surface area contributed by atoms with E-state index in [-0.39, 0.29) is 0 Å². The van der Waals surface area contributed by atoms with Crippen LogP contribution in [0.25, 0.3) is 105 Å². The molecule has 3 aromatic heterocycles. The number of nitrogens with zero attached hydrogens (tertiary/aromatic N) is 4. The van der Waals surface area contributed by atoms with E-state index in [2.05, 4.69) is 126 Å². The Morgan fingerprint density at radius 3 is 1.65 bits per heavy atom. The lowest BCUT2D eigenvalue weighted by Gasteiger charge is -2.12. The molecule has 0 N–H and O–H groups in total. The van der Waals surface area contributed by atoms with Crippen molar-refractivity contribution in [2.45, 2.75) is 0 Å². The molecule has 0 atom stereocenters. The fourth-order valence-electron chi connectivity index (χ4n) is 7.97. The molecule has 0 amide bonds. The van der Waals surface area contributed by atoms with Crippen LogP contribution in [0.3, 0.4) is 0 Å². The third-order valence-corrected chi connectivity index (χ3v) is 10.4. The Hall–Kier alpha value is -7.37. The van der Waals surface area contributed by atoms with Gasteiger partial charge < -0.3 is 8.98 Å². The van der Waals surface area contributed by atoms with Crippen LogP contribution in [0.2, 0.25) is 0 Å². The van der Waals surface area contributed by atoms with Crippen LogP contribution in [0.15, 0.2) is 186 Å². The minimum absolute atomic E-state index is 0.609. The van der Waals surface area contributed by atoms with Crippen molar-refractivity contribution < 1.29 is 4.42 Å². The number of hydrogen-bond acceptors (Lipinski definition) is 4. The van der Waals surface area contributed by atoms with Crippen molar-refractivity contribution in [3.05, 3.63) is 182 Å². The summed E-state index contributed by atoms with van der Waals surface area (Å²) in [6.07, 6.45) is 0. The van der Waals surface area contributed by atoms with Gasteiger partial charge in [-0.2, -0.15) is 0 Å². The highest BCUT2D eigenvalue weighted by Gasteiger charge is 2.22. The molecule has 0 bridgehead atoms. The molecule has 8 aromatic carbocycles. The van der Waals surface area contributed by atoms with Gasteiger partial charge in [-0.05, 0) is 52.9 Å². The molecule has 0 radical (unpaired) electrons. The van der Waals surface area contributed by atoms with Crippen LogP contribution in [0.4, 0.5) is 0 Å². The van der Waals surface area contributed by atoms with Crippen LogP contribution in [-0.4, -0.2) is 19.5 Å². The Labute approximate surface area is 310 Å². The topological polar surface area (TPSA) is 56.7 Å². The van der Waals surface area contributed by atoms with Gasteiger partial charge in [-0.25, -0.2) is 15.0 Å². The number of furan rings is 1. The van der Waals surface area contributed by atoms with Crippen molar-refractivity contribution in [2.24, 2.45) is 0 Å². The molecule has 0 saturated carbocycles. The maximum Gasteiger partial charge on any atom is 0.164 e. The number of benzene rings is 8. The number of hydrogen-bond donors (Lipinski definition) is 0. The van der Waals surface area contributed by atoms with E-state index in [1.54, 1.807) is 0 Å². The van der Waals surface area contributed by atoms with Crippen molar-refractivity contribution in [2.75, 3.05) is 0 Å². The average Bonchev–Trinajstić information content (AvgIpc) is 3.80. The van der Waals surface area contributed by atoms with Gasteiger partial charge in [-0.3, -0.25) is 0 Å². The minimum atomic E-state index is 0.609. The third-order valence-electron chi connectivity index (χ3n) is 10.4. The van der Waals surface area contributed by atoms with E-state index in [1.165, 1.54) is 21.9 Å². The van der Waals surface area contributed by atoms with Crippen LogP contribution < -0.4 is 0 Å². The van der Waals surface area contributed by atoms with Gasteiger partial charge in [0.15, 0.2) is 17.5 Å². The molecule has 0 fully saturated rings. The quantitative estimate of drug-likeness (QED) is 0.180. The fourth-order valence-corrected chi connectivity index (χ4v) is 7.97. The molecule has 54 heavy (non-hydrogen) atoms. The maximum absolute atomic E-state index is 6.82. The van der Waals surface area contributed by atoms with E-state index in [0.29, 0.717) is 17.5 Å². The van der Waals surface area contributed by atoms with Crippen LogP contribution in [0.1, 0.15) is 0 Å². The van der Waals surface area contributed by atoms with Gasteiger partial charge in [0.1, 0.15) is 11.2 Å². The van der Waals surface area contributed by atoms with Crippen LogP contribution in [0.5, 0.6) is 0 Å². The van der Waals surface area contributed by atoms with E-state index in [4.69, 9.17) is 19.4 Å². The summed E-state index contributed by atoms with van der Waals surface area (Å²) in [5, 5.41) is 6.46. The lowest BCUT2D eigenvalue weighted by molar-refractivity contribution is 0.672. The van der Waals surface area contributed by atoms with E-state index in [0.717, 1.165) is 66.1 Å². The predicted molar refractivity (Wildman–Crippen MR) is 221 cm³/mol. The SMILES string of the molecule is c1ccc(-c2ccc3c(c2)c2ccccc2n3-c2cccc3oc4c5ccccc5c(-c5nc(-c6ccccc6)nc(-c6ccccc6)n5)cc4c23)cc1. The second kappa shape index (κ2) is 12.1. The Bertz CT molecular complexity index is 3140. The average molecular weight is 691 g/mol. The number of para-hydroxylation sites is 1. The van der Waals surface area contributed by atoms with E-state index < -0.39 is 0 Å². The highest BCUT2D eigenvalue weighted by atomic mass is 16.3. The molecule has 11 rings (SSSR count). The number of fused-ring (bicyclic) bond motifs is 8. The molecule has 5 nitrogen and oxygen atoms in total. The van der Waals surface area contributed by atoms with Gasteiger partial charge in [-0.1, -0.05) is 146 Å². The summed E-state index contributed by atoms with van der Waals surface area (Å²) in [6, 6.07) is 63.2. The summed E-state index contributed by atoms with van der Waals surface area (Å²) in [4.78, 5) is 15.3. The lowest BCUT2D eigenvalue weighted by atomic mass is 9.99. The van der Waals surface area contributed by atoms with Gasteiger partial charge in [0.25, 0.3) is 0 Å². The zero-order valence-corrected chi connectivity index (χ0v) is 29.0. The van der Waals surface area contributed by atoms with Gasteiger partial charge in [0, 0.05) is 38.2 Å².